The first-order valence-electron chi connectivity index (χ1n) is 11.8. The van der Waals surface area contributed by atoms with Crippen molar-refractivity contribution in [2.45, 2.75) is 64.2 Å². The van der Waals surface area contributed by atoms with Crippen LogP contribution in [0.2, 0.25) is 0 Å². The number of hydrogen-bond donors (Lipinski definition) is 2. The number of thiocarbonyl (C=S) groups is 1. The summed E-state index contributed by atoms with van der Waals surface area (Å²) in [6, 6.07) is 13.0. The minimum absolute atomic E-state index is 0.147. The molecule has 0 spiro atoms. The van der Waals surface area contributed by atoms with Crippen LogP contribution in [-0.2, 0) is 5.41 Å². The van der Waals surface area contributed by atoms with Crippen LogP contribution in [0.4, 0.5) is 11.8 Å². The highest BCUT2D eigenvalue weighted by Crippen LogP contribution is 2.38. The van der Waals surface area contributed by atoms with E-state index in [2.05, 4.69) is 63.8 Å². The van der Waals surface area contributed by atoms with Gasteiger partial charge in [-0.1, -0.05) is 56.5 Å². The third-order valence-corrected chi connectivity index (χ3v) is 7.08. The summed E-state index contributed by atoms with van der Waals surface area (Å²) in [6.07, 6.45) is 8.78. The molecule has 166 valence electrons. The Balaban J connectivity index is 1.42. The second kappa shape index (κ2) is 9.94. The van der Waals surface area contributed by atoms with Crippen LogP contribution in [0.15, 0.2) is 36.4 Å². The third kappa shape index (κ3) is 5.53. The van der Waals surface area contributed by atoms with E-state index < -0.39 is 0 Å². The summed E-state index contributed by atoms with van der Waals surface area (Å²) in [5.41, 5.74) is 2.52. The average molecular weight is 438 g/mol. The Labute approximate surface area is 192 Å². The number of hydrogen-bond acceptors (Lipinski definition) is 4. The Morgan fingerprint density at radius 3 is 2.65 bits per heavy atom. The summed E-state index contributed by atoms with van der Waals surface area (Å²) >= 11 is 5.65. The molecule has 0 bridgehead atoms. The Morgan fingerprint density at radius 1 is 1.13 bits per heavy atom. The monoisotopic (exact) mass is 437 g/mol. The Morgan fingerprint density at radius 2 is 1.90 bits per heavy atom. The fourth-order valence-electron chi connectivity index (χ4n) is 5.15. The van der Waals surface area contributed by atoms with Crippen molar-refractivity contribution in [1.29, 1.82) is 0 Å². The van der Waals surface area contributed by atoms with Crippen molar-refractivity contribution in [3.05, 3.63) is 47.7 Å². The molecule has 6 heteroatoms. The standard InChI is InChI=1S/C25H35N5S/c1-19-10-9-15-30(17-19)22-16-20(2)27-23(28-22)29-24(31)26-18-25(13-7-4-8-14-25)21-11-5-3-6-12-21/h3,5-6,11-12,16,19H,4,7-10,13-15,17-18H2,1-2H3,(H2,26,27,28,29,31). The molecule has 1 aliphatic heterocycles. The molecule has 2 heterocycles. The quantitative estimate of drug-likeness (QED) is 0.626. The van der Waals surface area contributed by atoms with Gasteiger partial charge in [-0.15, -0.1) is 0 Å². The SMILES string of the molecule is Cc1cc(N2CCCC(C)C2)nc(NC(=S)NCC2(c3ccccc3)CCCCC2)n1. The van der Waals surface area contributed by atoms with Crippen LogP contribution in [0.25, 0.3) is 0 Å². The predicted octanol–water partition coefficient (Wildman–Crippen LogP) is 5.21. The molecule has 0 radical (unpaired) electrons. The van der Waals surface area contributed by atoms with Gasteiger partial charge in [0.2, 0.25) is 5.95 Å². The smallest absolute Gasteiger partial charge is 0.231 e. The molecule has 1 aromatic heterocycles. The number of nitrogens with zero attached hydrogens (tertiary/aromatic N) is 3. The molecule has 1 aliphatic carbocycles. The van der Waals surface area contributed by atoms with Gasteiger partial charge >= 0.3 is 0 Å². The van der Waals surface area contributed by atoms with Crippen molar-refractivity contribution in [2.75, 3.05) is 29.9 Å². The van der Waals surface area contributed by atoms with Crippen molar-refractivity contribution in [2.24, 2.45) is 5.92 Å². The van der Waals surface area contributed by atoms with Crippen LogP contribution in [0.3, 0.4) is 0 Å². The van der Waals surface area contributed by atoms with E-state index in [1.807, 2.05) is 6.92 Å². The predicted molar refractivity (Wildman–Crippen MR) is 133 cm³/mol. The molecule has 2 aliphatic rings. The Kier molecular flexibility index (Phi) is 7.06. The van der Waals surface area contributed by atoms with E-state index in [-0.39, 0.29) is 5.41 Å². The summed E-state index contributed by atoms with van der Waals surface area (Å²) < 4.78 is 0. The van der Waals surface area contributed by atoms with E-state index >= 15 is 0 Å². The van der Waals surface area contributed by atoms with Gasteiger partial charge in [0.05, 0.1) is 0 Å². The molecule has 1 saturated carbocycles. The number of anilines is 2. The van der Waals surface area contributed by atoms with Crippen molar-refractivity contribution in [1.82, 2.24) is 15.3 Å². The highest BCUT2D eigenvalue weighted by Gasteiger charge is 2.33. The molecule has 2 aromatic rings. The minimum Gasteiger partial charge on any atom is -0.361 e. The van der Waals surface area contributed by atoms with E-state index in [9.17, 15) is 0 Å². The molecule has 0 amide bonds. The lowest BCUT2D eigenvalue weighted by molar-refractivity contribution is 0.292. The molecule has 4 rings (SSSR count). The first-order chi connectivity index (χ1) is 15.0. The Hall–Kier alpha value is -2.21. The van der Waals surface area contributed by atoms with Gasteiger partial charge in [-0.3, -0.25) is 0 Å². The van der Waals surface area contributed by atoms with Gasteiger partial charge in [-0.25, -0.2) is 4.98 Å². The molecule has 1 atom stereocenters. The average Bonchev–Trinajstić information content (AvgIpc) is 2.79. The Bertz CT molecular complexity index is 879. The molecule has 31 heavy (non-hydrogen) atoms. The minimum atomic E-state index is 0.147. The van der Waals surface area contributed by atoms with Crippen LogP contribution >= 0.6 is 12.2 Å². The van der Waals surface area contributed by atoms with E-state index in [1.54, 1.807) is 0 Å². The molecular weight excluding hydrogens is 402 g/mol. The van der Waals surface area contributed by atoms with Gasteiger partial charge in [0.25, 0.3) is 0 Å². The van der Waals surface area contributed by atoms with E-state index in [1.165, 1.54) is 50.5 Å². The topological polar surface area (TPSA) is 53.1 Å². The number of nitrogens with one attached hydrogen (secondary N) is 2. The van der Waals surface area contributed by atoms with E-state index in [0.29, 0.717) is 17.0 Å². The van der Waals surface area contributed by atoms with Gasteiger partial charge in [0, 0.05) is 36.8 Å². The zero-order chi connectivity index (χ0) is 21.7. The van der Waals surface area contributed by atoms with Crippen LogP contribution in [0, 0.1) is 12.8 Å². The third-order valence-electron chi connectivity index (χ3n) is 6.83. The first-order valence-corrected chi connectivity index (χ1v) is 12.2. The lowest BCUT2D eigenvalue weighted by Gasteiger charge is -2.38. The summed E-state index contributed by atoms with van der Waals surface area (Å²) in [4.78, 5) is 11.7. The largest absolute Gasteiger partial charge is 0.361 e. The summed E-state index contributed by atoms with van der Waals surface area (Å²) in [6.45, 7) is 7.28. The van der Waals surface area contributed by atoms with Gasteiger partial charge in [0.15, 0.2) is 5.11 Å². The van der Waals surface area contributed by atoms with Crippen molar-refractivity contribution in [3.8, 4) is 0 Å². The molecule has 1 saturated heterocycles. The molecule has 1 aromatic carbocycles. The number of piperidine rings is 1. The normalized spacial score (nSPS) is 20.8. The van der Waals surface area contributed by atoms with E-state index in [0.717, 1.165) is 31.1 Å². The molecule has 5 nitrogen and oxygen atoms in total. The van der Waals surface area contributed by atoms with Crippen molar-refractivity contribution < 1.29 is 0 Å². The van der Waals surface area contributed by atoms with Gasteiger partial charge < -0.3 is 15.5 Å². The van der Waals surface area contributed by atoms with Gasteiger partial charge in [-0.2, -0.15) is 4.98 Å². The molecule has 2 N–H and O–H groups in total. The highest BCUT2D eigenvalue weighted by molar-refractivity contribution is 7.80. The van der Waals surface area contributed by atoms with Crippen LogP contribution in [-0.4, -0.2) is 34.7 Å². The zero-order valence-corrected chi connectivity index (χ0v) is 19.7. The lowest BCUT2D eigenvalue weighted by atomic mass is 9.69. The number of rotatable bonds is 5. The zero-order valence-electron chi connectivity index (χ0n) is 18.9. The van der Waals surface area contributed by atoms with Crippen molar-refractivity contribution in [3.63, 3.8) is 0 Å². The van der Waals surface area contributed by atoms with Gasteiger partial charge in [0.1, 0.15) is 5.82 Å². The second-order valence-corrected chi connectivity index (χ2v) is 9.81. The maximum absolute atomic E-state index is 5.65. The maximum Gasteiger partial charge on any atom is 0.231 e. The van der Waals surface area contributed by atoms with Crippen LogP contribution < -0.4 is 15.5 Å². The van der Waals surface area contributed by atoms with Crippen LogP contribution in [0.5, 0.6) is 0 Å². The fourth-order valence-corrected chi connectivity index (χ4v) is 5.31. The number of aromatic nitrogens is 2. The molecular formula is C25H35N5S. The lowest BCUT2D eigenvalue weighted by Crippen LogP contribution is -2.43. The fraction of sp³-hybridized carbons (Fsp3) is 0.560. The van der Waals surface area contributed by atoms with E-state index in [4.69, 9.17) is 17.2 Å². The van der Waals surface area contributed by atoms with Crippen LogP contribution in [0.1, 0.15) is 63.1 Å². The summed E-state index contributed by atoms with van der Waals surface area (Å²) in [5.74, 6) is 2.29. The number of aryl methyl sites for hydroxylation is 1. The van der Waals surface area contributed by atoms with Crippen molar-refractivity contribution >= 4 is 29.1 Å². The maximum atomic E-state index is 5.65. The summed E-state index contributed by atoms with van der Waals surface area (Å²) in [7, 11) is 0. The summed E-state index contributed by atoms with van der Waals surface area (Å²) in [5, 5.41) is 7.35. The highest BCUT2D eigenvalue weighted by atomic mass is 32.1. The molecule has 1 unspecified atom stereocenters. The van der Waals surface area contributed by atoms with Gasteiger partial charge in [-0.05, 0) is 56.3 Å². The number of benzene rings is 1. The molecule has 2 fully saturated rings. The second-order valence-electron chi connectivity index (χ2n) is 9.40. The first kappa shape index (κ1) is 22.0.